The monoisotopic (exact) mass is 241 g/mol. The average molecular weight is 241 g/mol. The standard InChI is InChI=1S/C12H19NO4/c1-8(14)13(2)10-5-4-9(6-10)11(15)7-12(16)17-3/h9-10H,4-7H2,1-3H3. The van der Waals surface area contributed by atoms with E-state index in [4.69, 9.17) is 0 Å². The minimum absolute atomic E-state index is 0.0102. The summed E-state index contributed by atoms with van der Waals surface area (Å²) in [6.45, 7) is 1.52. The van der Waals surface area contributed by atoms with Gasteiger partial charge in [0.15, 0.2) is 0 Å². The van der Waals surface area contributed by atoms with Crippen molar-refractivity contribution in [2.75, 3.05) is 14.2 Å². The van der Waals surface area contributed by atoms with Crippen LogP contribution < -0.4 is 0 Å². The molecule has 0 aromatic carbocycles. The topological polar surface area (TPSA) is 63.7 Å². The van der Waals surface area contributed by atoms with E-state index in [1.54, 1.807) is 11.9 Å². The Bertz CT molecular complexity index is 326. The lowest BCUT2D eigenvalue weighted by Crippen LogP contribution is -2.34. The molecule has 5 nitrogen and oxygen atoms in total. The minimum Gasteiger partial charge on any atom is -0.469 e. The van der Waals surface area contributed by atoms with Gasteiger partial charge in [-0.05, 0) is 19.3 Å². The predicted molar refractivity (Wildman–Crippen MR) is 61.2 cm³/mol. The third-order valence-electron chi connectivity index (χ3n) is 3.45. The summed E-state index contributed by atoms with van der Waals surface area (Å²) in [7, 11) is 3.02. The van der Waals surface area contributed by atoms with Gasteiger partial charge in [0.25, 0.3) is 0 Å². The number of amides is 1. The molecule has 0 aromatic rings. The third-order valence-corrected chi connectivity index (χ3v) is 3.45. The number of hydrogen-bond acceptors (Lipinski definition) is 4. The predicted octanol–water partition coefficient (Wildman–Crippen LogP) is 0.766. The molecule has 0 N–H and O–H groups in total. The molecule has 0 spiro atoms. The summed E-state index contributed by atoms with van der Waals surface area (Å²) in [6, 6.07) is 0.124. The normalized spacial score (nSPS) is 23.2. The molecule has 1 aliphatic carbocycles. The van der Waals surface area contributed by atoms with E-state index >= 15 is 0 Å². The van der Waals surface area contributed by atoms with E-state index in [-0.39, 0.29) is 30.1 Å². The van der Waals surface area contributed by atoms with Gasteiger partial charge in [-0.2, -0.15) is 0 Å². The summed E-state index contributed by atoms with van der Waals surface area (Å²) < 4.78 is 4.47. The highest BCUT2D eigenvalue weighted by atomic mass is 16.5. The molecule has 1 aliphatic rings. The highest BCUT2D eigenvalue weighted by Crippen LogP contribution is 2.30. The van der Waals surface area contributed by atoms with Crippen molar-refractivity contribution >= 4 is 17.7 Å². The molecular formula is C12H19NO4. The Kier molecular flexibility index (Phi) is 4.66. The molecular weight excluding hydrogens is 222 g/mol. The van der Waals surface area contributed by atoms with Crippen LogP contribution in [0, 0.1) is 5.92 Å². The van der Waals surface area contributed by atoms with E-state index in [0.717, 1.165) is 12.8 Å². The highest BCUT2D eigenvalue weighted by molar-refractivity contribution is 5.96. The number of ether oxygens (including phenoxy) is 1. The number of nitrogens with zero attached hydrogens (tertiary/aromatic N) is 1. The van der Waals surface area contributed by atoms with Gasteiger partial charge in [-0.25, -0.2) is 0 Å². The van der Waals surface area contributed by atoms with E-state index < -0.39 is 5.97 Å². The molecule has 17 heavy (non-hydrogen) atoms. The molecule has 0 radical (unpaired) electrons. The van der Waals surface area contributed by atoms with Crippen LogP contribution >= 0.6 is 0 Å². The van der Waals surface area contributed by atoms with Crippen molar-refractivity contribution in [1.29, 1.82) is 0 Å². The van der Waals surface area contributed by atoms with Gasteiger partial charge in [0, 0.05) is 25.9 Å². The third kappa shape index (κ3) is 3.54. The van der Waals surface area contributed by atoms with Crippen molar-refractivity contribution in [2.45, 2.75) is 38.6 Å². The maximum absolute atomic E-state index is 11.7. The van der Waals surface area contributed by atoms with Gasteiger partial charge in [0.1, 0.15) is 12.2 Å². The lowest BCUT2D eigenvalue weighted by atomic mass is 10.00. The fourth-order valence-electron chi connectivity index (χ4n) is 2.22. The van der Waals surface area contributed by atoms with Crippen LogP contribution in [0.25, 0.3) is 0 Å². The van der Waals surface area contributed by atoms with Crippen LogP contribution in [-0.2, 0) is 19.1 Å². The molecule has 1 saturated carbocycles. The molecule has 0 aromatic heterocycles. The summed E-state index contributed by atoms with van der Waals surface area (Å²) in [5, 5.41) is 0. The molecule has 2 unspecified atom stereocenters. The number of carbonyl (C=O) groups is 3. The maximum atomic E-state index is 11.7. The first-order valence-electron chi connectivity index (χ1n) is 5.78. The average Bonchev–Trinajstić information content (AvgIpc) is 2.76. The van der Waals surface area contributed by atoms with E-state index in [2.05, 4.69) is 4.74 Å². The second-order valence-corrected chi connectivity index (χ2v) is 4.51. The SMILES string of the molecule is COC(=O)CC(=O)C1CCC(N(C)C(C)=O)C1. The molecule has 1 amide bonds. The summed E-state index contributed by atoms with van der Waals surface area (Å²) in [5.41, 5.74) is 0. The summed E-state index contributed by atoms with van der Waals surface area (Å²) in [4.78, 5) is 35.6. The van der Waals surface area contributed by atoms with E-state index in [9.17, 15) is 14.4 Å². The molecule has 2 atom stereocenters. The zero-order chi connectivity index (χ0) is 13.0. The molecule has 1 rings (SSSR count). The number of methoxy groups -OCH3 is 1. The van der Waals surface area contributed by atoms with Crippen molar-refractivity contribution in [3.8, 4) is 0 Å². The fourth-order valence-corrected chi connectivity index (χ4v) is 2.22. The van der Waals surface area contributed by atoms with Gasteiger partial charge in [-0.15, -0.1) is 0 Å². The van der Waals surface area contributed by atoms with Crippen molar-refractivity contribution in [3.63, 3.8) is 0 Å². The zero-order valence-corrected chi connectivity index (χ0v) is 10.6. The van der Waals surface area contributed by atoms with E-state index in [1.165, 1.54) is 14.0 Å². The Morgan fingerprint density at radius 1 is 1.29 bits per heavy atom. The van der Waals surface area contributed by atoms with Crippen LogP contribution in [0.15, 0.2) is 0 Å². The first-order valence-corrected chi connectivity index (χ1v) is 5.78. The Morgan fingerprint density at radius 2 is 1.94 bits per heavy atom. The maximum Gasteiger partial charge on any atom is 0.313 e. The van der Waals surface area contributed by atoms with Gasteiger partial charge in [-0.3, -0.25) is 14.4 Å². The summed E-state index contributed by atoms with van der Waals surface area (Å²) in [6.07, 6.45) is 2.08. The van der Waals surface area contributed by atoms with Crippen LogP contribution in [-0.4, -0.2) is 42.8 Å². The second-order valence-electron chi connectivity index (χ2n) is 4.51. The van der Waals surface area contributed by atoms with Crippen LogP contribution in [0.4, 0.5) is 0 Å². The number of esters is 1. The van der Waals surface area contributed by atoms with Crippen molar-refractivity contribution < 1.29 is 19.1 Å². The number of hydrogen-bond donors (Lipinski definition) is 0. The van der Waals surface area contributed by atoms with Crippen LogP contribution in [0.2, 0.25) is 0 Å². The van der Waals surface area contributed by atoms with Gasteiger partial charge in [-0.1, -0.05) is 0 Å². The molecule has 96 valence electrons. The van der Waals surface area contributed by atoms with E-state index in [0.29, 0.717) is 6.42 Å². The van der Waals surface area contributed by atoms with Gasteiger partial charge in [0.2, 0.25) is 5.91 Å². The van der Waals surface area contributed by atoms with Crippen molar-refractivity contribution in [1.82, 2.24) is 4.90 Å². The Labute approximate surface area is 101 Å². The highest BCUT2D eigenvalue weighted by Gasteiger charge is 2.33. The molecule has 0 saturated heterocycles. The molecule has 0 heterocycles. The first-order chi connectivity index (χ1) is 7.95. The summed E-state index contributed by atoms with van der Waals surface area (Å²) >= 11 is 0. The summed E-state index contributed by atoms with van der Waals surface area (Å²) in [5.74, 6) is -0.661. The zero-order valence-electron chi connectivity index (χ0n) is 10.6. The molecule has 1 fully saturated rings. The Balaban J connectivity index is 2.47. The number of ketones is 1. The van der Waals surface area contributed by atoms with Gasteiger partial charge < -0.3 is 9.64 Å². The van der Waals surface area contributed by atoms with Crippen molar-refractivity contribution in [3.05, 3.63) is 0 Å². The van der Waals surface area contributed by atoms with E-state index in [1.807, 2.05) is 0 Å². The lowest BCUT2D eigenvalue weighted by Gasteiger charge is -2.22. The smallest absolute Gasteiger partial charge is 0.313 e. The van der Waals surface area contributed by atoms with Crippen LogP contribution in [0.1, 0.15) is 32.6 Å². The molecule has 0 aliphatic heterocycles. The number of rotatable bonds is 4. The first kappa shape index (κ1) is 13.7. The Hall–Kier alpha value is -1.39. The number of carbonyl (C=O) groups excluding carboxylic acids is 3. The van der Waals surface area contributed by atoms with Gasteiger partial charge >= 0.3 is 5.97 Å². The van der Waals surface area contributed by atoms with Crippen LogP contribution in [0.3, 0.4) is 0 Å². The molecule has 5 heteroatoms. The van der Waals surface area contributed by atoms with Crippen LogP contribution in [0.5, 0.6) is 0 Å². The minimum atomic E-state index is -0.488. The Morgan fingerprint density at radius 3 is 2.47 bits per heavy atom. The molecule has 0 bridgehead atoms. The van der Waals surface area contributed by atoms with Crippen molar-refractivity contribution in [2.24, 2.45) is 5.92 Å². The second kappa shape index (κ2) is 5.80. The lowest BCUT2D eigenvalue weighted by molar-refractivity contribution is -0.144. The fraction of sp³-hybridized carbons (Fsp3) is 0.750. The quantitative estimate of drug-likeness (QED) is 0.538. The number of Topliss-reactive ketones (excluding diaryl/α,β-unsaturated/α-hetero) is 1. The largest absolute Gasteiger partial charge is 0.469 e. The van der Waals surface area contributed by atoms with Gasteiger partial charge in [0.05, 0.1) is 7.11 Å².